The summed E-state index contributed by atoms with van der Waals surface area (Å²) in [6.07, 6.45) is -6.22. The molecule has 1 aromatic rings. The van der Waals surface area contributed by atoms with E-state index in [2.05, 4.69) is 0 Å². The summed E-state index contributed by atoms with van der Waals surface area (Å²) >= 11 is 0. The molecule has 1 aromatic carbocycles. The molecule has 4 fully saturated rings. The summed E-state index contributed by atoms with van der Waals surface area (Å²) in [4.78, 5) is 13.4. The smallest absolute Gasteiger partial charge is 0.190 e. The lowest BCUT2D eigenvalue weighted by molar-refractivity contribution is -0.230. The highest BCUT2D eigenvalue weighted by molar-refractivity contribution is 5.84. The van der Waals surface area contributed by atoms with Gasteiger partial charge >= 0.3 is 0 Å². The number of aliphatic hydroxyl groups excluding tert-OH is 1. The Kier molecular flexibility index (Phi) is 7.27. The number of fused-ring (bicyclic) bond motifs is 1. The lowest BCUT2D eigenvalue weighted by Gasteiger charge is -2.29. The van der Waals surface area contributed by atoms with Gasteiger partial charge in [-0.1, -0.05) is 30.3 Å². The normalized spacial score (nSPS) is 38.5. The van der Waals surface area contributed by atoms with Crippen molar-refractivity contribution < 1.29 is 47.8 Å². The first-order valence-corrected chi connectivity index (χ1v) is 12.9. The maximum Gasteiger partial charge on any atom is 0.190 e. The van der Waals surface area contributed by atoms with Gasteiger partial charge in [0, 0.05) is 6.42 Å². The molecule has 5 rings (SSSR count). The number of aliphatic hydroxyl groups is 1. The van der Waals surface area contributed by atoms with Gasteiger partial charge in [0.05, 0.1) is 19.3 Å². The van der Waals surface area contributed by atoms with E-state index in [4.69, 9.17) is 37.9 Å². The summed E-state index contributed by atoms with van der Waals surface area (Å²) in [6, 6.07) is 9.69. The van der Waals surface area contributed by atoms with Gasteiger partial charge in [-0.2, -0.15) is 0 Å². The van der Waals surface area contributed by atoms with Crippen molar-refractivity contribution in [2.75, 3.05) is 6.61 Å². The van der Waals surface area contributed by atoms with Crippen LogP contribution in [0.4, 0.5) is 0 Å². The summed E-state index contributed by atoms with van der Waals surface area (Å²) in [6.45, 7) is 11.3. The van der Waals surface area contributed by atoms with Gasteiger partial charge in [-0.25, -0.2) is 0 Å². The molecular formula is C27H38O10. The Hall–Kier alpha value is -1.47. The van der Waals surface area contributed by atoms with E-state index < -0.39 is 66.4 Å². The van der Waals surface area contributed by atoms with Gasteiger partial charge in [0.25, 0.3) is 0 Å². The zero-order valence-corrected chi connectivity index (χ0v) is 22.2. The first-order valence-electron chi connectivity index (χ1n) is 12.9. The van der Waals surface area contributed by atoms with E-state index in [0.717, 1.165) is 5.56 Å². The van der Waals surface area contributed by atoms with E-state index >= 15 is 0 Å². The van der Waals surface area contributed by atoms with E-state index in [1.807, 2.05) is 44.2 Å². The first-order chi connectivity index (χ1) is 17.3. The second-order valence-electron chi connectivity index (χ2n) is 11.5. The third-order valence-corrected chi connectivity index (χ3v) is 6.95. The van der Waals surface area contributed by atoms with Gasteiger partial charge in [-0.3, -0.25) is 4.79 Å². The molecule has 4 heterocycles. The number of rotatable bonds is 8. The first kappa shape index (κ1) is 27.1. The van der Waals surface area contributed by atoms with Crippen LogP contribution in [0.3, 0.4) is 0 Å². The van der Waals surface area contributed by atoms with Crippen molar-refractivity contribution in [3.8, 4) is 0 Å². The van der Waals surface area contributed by atoms with Crippen LogP contribution >= 0.6 is 0 Å². The molecule has 4 aliphatic rings. The van der Waals surface area contributed by atoms with Crippen LogP contribution in [0.5, 0.6) is 0 Å². The molecule has 206 valence electrons. The van der Waals surface area contributed by atoms with Crippen molar-refractivity contribution >= 4 is 5.78 Å². The molecule has 10 heteroatoms. The van der Waals surface area contributed by atoms with Crippen LogP contribution in [0.1, 0.15) is 53.5 Å². The molecule has 8 atom stereocenters. The lowest BCUT2D eigenvalue weighted by Crippen LogP contribution is -2.46. The largest absolute Gasteiger partial charge is 0.390 e. The van der Waals surface area contributed by atoms with Gasteiger partial charge in [0.15, 0.2) is 29.4 Å². The average molecular weight is 523 g/mol. The molecule has 4 aliphatic heterocycles. The zero-order chi connectivity index (χ0) is 26.6. The lowest BCUT2D eigenvalue weighted by atomic mass is 9.96. The van der Waals surface area contributed by atoms with Crippen molar-refractivity contribution in [1.29, 1.82) is 0 Å². The Morgan fingerprint density at radius 2 is 1.62 bits per heavy atom. The third kappa shape index (κ3) is 5.93. The molecule has 0 aliphatic carbocycles. The molecule has 0 spiro atoms. The quantitative estimate of drug-likeness (QED) is 0.546. The van der Waals surface area contributed by atoms with Crippen LogP contribution in [-0.2, 0) is 49.3 Å². The molecule has 0 aromatic heterocycles. The van der Waals surface area contributed by atoms with E-state index in [0.29, 0.717) is 6.61 Å². The SMILES string of the molecule is CC1(C)O[C@H]2O[C@H]([C@@H](O)CC(=O)[C@@H]3OC(C)(C)O[C@H]3[C@@H]3COC(C)(C)O3)[C@H](OCc3ccccc3)[C@H]2O1. The molecule has 37 heavy (non-hydrogen) atoms. The predicted octanol–water partition coefficient (Wildman–Crippen LogP) is 2.44. The van der Waals surface area contributed by atoms with Gasteiger partial charge in [0.1, 0.15) is 36.6 Å². The fourth-order valence-corrected chi connectivity index (χ4v) is 5.40. The number of hydrogen-bond donors (Lipinski definition) is 1. The molecule has 4 saturated heterocycles. The van der Waals surface area contributed by atoms with Crippen molar-refractivity contribution in [3.63, 3.8) is 0 Å². The minimum absolute atomic E-state index is 0.226. The number of ether oxygens (including phenoxy) is 8. The van der Waals surface area contributed by atoms with Crippen LogP contribution < -0.4 is 0 Å². The van der Waals surface area contributed by atoms with E-state index in [-0.39, 0.29) is 18.8 Å². The summed E-state index contributed by atoms with van der Waals surface area (Å²) in [7, 11) is 0. The Balaban J connectivity index is 1.28. The molecule has 10 nitrogen and oxygen atoms in total. The summed E-state index contributed by atoms with van der Waals surface area (Å²) in [5.74, 6) is -2.93. The summed E-state index contributed by atoms with van der Waals surface area (Å²) in [5, 5.41) is 11.2. The standard InChI is InChI=1S/C27H38O10/c1-25(2)31-14-18(33-25)21-20(34-26(3,4)35-21)17(29)12-16(28)19-22(30-13-15-10-8-7-9-11-15)23-24(32-19)37-27(5,6)36-23/h7-11,16,18-24,28H,12-14H2,1-6H3/t16-,18-,19+,20-,21-,22-,23+,24+/m0/s1. The fourth-order valence-electron chi connectivity index (χ4n) is 5.40. The van der Waals surface area contributed by atoms with Crippen molar-refractivity contribution in [2.24, 2.45) is 0 Å². The number of Topliss-reactive ketones (excluding diaryl/α,β-unsaturated/α-hetero) is 1. The highest BCUT2D eigenvalue weighted by Crippen LogP contribution is 2.41. The summed E-state index contributed by atoms with van der Waals surface area (Å²) in [5.41, 5.74) is 0.969. The molecular weight excluding hydrogens is 484 g/mol. The zero-order valence-electron chi connectivity index (χ0n) is 22.2. The maximum absolute atomic E-state index is 13.4. The number of benzene rings is 1. The van der Waals surface area contributed by atoms with Gasteiger partial charge < -0.3 is 43.0 Å². The van der Waals surface area contributed by atoms with Gasteiger partial charge in [-0.15, -0.1) is 0 Å². The van der Waals surface area contributed by atoms with E-state index in [1.54, 1.807) is 27.7 Å². The third-order valence-electron chi connectivity index (χ3n) is 6.95. The molecule has 0 radical (unpaired) electrons. The van der Waals surface area contributed by atoms with E-state index in [9.17, 15) is 9.90 Å². The van der Waals surface area contributed by atoms with E-state index in [1.165, 1.54) is 0 Å². The number of carbonyl (C=O) groups is 1. The van der Waals surface area contributed by atoms with Crippen LogP contribution in [0, 0.1) is 0 Å². The fraction of sp³-hybridized carbons (Fsp3) is 0.741. The topological polar surface area (TPSA) is 111 Å². The van der Waals surface area contributed by atoms with Crippen LogP contribution in [0.25, 0.3) is 0 Å². The number of carbonyl (C=O) groups excluding carboxylic acids is 1. The maximum atomic E-state index is 13.4. The Morgan fingerprint density at radius 1 is 0.946 bits per heavy atom. The number of ketones is 1. The van der Waals surface area contributed by atoms with Crippen molar-refractivity contribution in [3.05, 3.63) is 35.9 Å². The average Bonchev–Trinajstić information content (AvgIpc) is 3.51. The Labute approximate surface area is 217 Å². The highest BCUT2D eigenvalue weighted by Gasteiger charge is 2.58. The Bertz CT molecular complexity index is 963. The minimum atomic E-state index is -1.18. The molecule has 0 saturated carbocycles. The van der Waals surface area contributed by atoms with Gasteiger partial charge in [0.2, 0.25) is 0 Å². The molecule has 0 unspecified atom stereocenters. The Morgan fingerprint density at radius 3 is 2.30 bits per heavy atom. The number of hydrogen-bond acceptors (Lipinski definition) is 10. The second-order valence-corrected chi connectivity index (χ2v) is 11.5. The monoisotopic (exact) mass is 522 g/mol. The molecule has 0 bridgehead atoms. The minimum Gasteiger partial charge on any atom is -0.390 e. The van der Waals surface area contributed by atoms with Crippen LogP contribution in [0.15, 0.2) is 30.3 Å². The predicted molar refractivity (Wildman–Crippen MR) is 128 cm³/mol. The molecule has 0 amide bonds. The van der Waals surface area contributed by atoms with Crippen LogP contribution in [-0.4, -0.2) is 83.9 Å². The second kappa shape index (κ2) is 9.93. The van der Waals surface area contributed by atoms with Crippen molar-refractivity contribution in [1.82, 2.24) is 0 Å². The van der Waals surface area contributed by atoms with Crippen LogP contribution in [0.2, 0.25) is 0 Å². The highest BCUT2D eigenvalue weighted by atomic mass is 16.8. The van der Waals surface area contributed by atoms with Crippen molar-refractivity contribution in [2.45, 2.75) is 121 Å². The molecule has 1 N–H and O–H groups in total. The van der Waals surface area contributed by atoms with Gasteiger partial charge in [-0.05, 0) is 47.1 Å². The summed E-state index contributed by atoms with van der Waals surface area (Å²) < 4.78 is 47.8.